The van der Waals surface area contributed by atoms with Crippen molar-refractivity contribution in [2.24, 2.45) is 5.92 Å². The number of ether oxygens (including phenoxy) is 1. The molecule has 112 valence electrons. The third-order valence-corrected chi connectivity index (χ3v) is 3.69. The van der Waals surface area contributed by atoms with Crippen molar-refractivity contribution in [2.75, 3.05) is 13.2 Å². The van der Waals surface area contributed by atoms with Crippen LogP contribution >= 0.6 is 0 Å². The molecule has 2 rings (SSSR count). The van der Waals surface area contributed by atoms with E-state index in [1.165, 1.54) is 12.1 Å². The molecule has 1 aliphatic rings. The third-order valence-electron chi connectivity index (χ3n) is 3.69. The van der Waals surface area contributed by atoms with Crippen LogP contribution in [0.2, 0.25) is 0 Å². The van der Waals surface area contributed by atoms with E-state index in [2.05, 4.69) is 12.2 Å². The van der Waals surface area contributed by atoms with Crippen LogP contribution in [-0.2, 0) is 4.74 Å². The Balaban J connectivity index is 2.22. The van der Waals surface area contributed by atoms with Crippen LogP contribution in [0, 0.1) is 17.6 Å². The summed E-state index contributed by atoms with van der Waals surface area (Å²) in [6.45, 7) is 5.52. The van der Waals surface area contributed by atoms with Crippen LogP contribution in [0.15, 0.2) is 18.2 Å². The van der Waals surface area contributed by atoms with Crippen molar-refractivity contribution in [3.8, 4) is 0 Å². The van der Waals surface area contributed by atoms with E-state index in [1.807, 2.05) is 6.92 Å². The number of hydrogen-bond donors (Lipinski definition) is 1. The molecule has 1 aromatic rings. The van der Waals surface area contributed by atoms with Crippen molar-refractivity contribution in [3.05, 3.63) is 35.4 Å². The van der Waals surface area contributed by atoms with Crippen LogP contribution in [0.5, 0.6) is 0 Å². The summed E-state index contributed by atoms with van der Waals surface area (Å²) in [6, 6.07) is 4.07. The standard InChI is InChI=1S/C16H23F2NO/c1-3-9-19-15(16(20-4-2)11-5-6-11)12-7-8-13(17)14(18)10-12/h7-8,10-11,15-16,19H,3-6,9H2,1-2H3. The maximum atomic E-state index is 13.5. The normalized spacial score (nSPS) is 18.0. The second-order valence-electron chi connectivity index (χ2n) is 5.36. The van der Waals surface area contributed by atoms with Gasteiger partial charge in [-0.25, -0.2) is 8.78 Å². The molecule has 0 amide bonds. The Morgan fingerprint density at radius 3 is 2.55 bits per heavy atom. The molecule has 20 heavy (non-hydrogen) atoms. The topological polar surface area (TPSA) is 21.3 Å². The number of halogens is 2. The van der Waals surface area contributed by atoms with Crippen molar-refractivity contribution in [1.82, 2.24) is 5.32 Å². The zero-order valence-electron chi connectivity index (χ0n) is 12.2. The molecule has 2 nitrogen and oxygen atoms in total. The molecule has 0 spiro atoms. The van der Waals surface area contributed by atoms with Gasteiger partial charge in [-0.1, -0.05) is 13.0 Å². The van der Waals surface area contributed by atoms with Gasteiger partial charge in [-0.2, -0.15) is 0 Å². The third kappa shape index (κ3) is 3.76. The smallest absolute Gasteiger partial charge is 0.159 e. The Hall–Kier alpha value is -1.00. The summed E-state index contributed by atoms with van der Waals surface area (Å²) in [6.07, 6.45) is 3.33. The summed E-state index contributed by atoms with van der Waals surface area (Å²) >= 11 is 0. The zero-order valence-corrected chi connectivity index (χ0v) is 12.2. The summed E-state index contributed by atoms with van der Waals surface area (Å²) in [5.41, 5.74) is 0.766. The summed E-state index contributed by atoms with van der Waals surface area (Å²) in [4.78, 5) is 0. The van der Waals surface area contributed by atoms with Crippen molar-refractivity contribution < 1.29 is 13.5 Å². The summed E-state index contributed by atoms with van der Waals surface area (Å²) in [5.74, 6) is -1.07. The zero-order chi connectivity index (χ0) is 14.5. The van der Waals surface area contributed by atoms with E-state index in [1.54, 1.807) is 6.07 Å². The van der Waals surface area contributed by atoms with Crippen molar-refractivity contribution >= 4 is 0 Å². The minimum atomic E-state index is -0.803. The highest BCUT2D eigenvalue weighted by Gasteiger charge is 2.37. The first kappa shape index (κ1) is 15.4. The Kier molecular flexibility index (Phi) is 5.49. The van der Waals surface area contributed by atoms with Crippen LogP contribution in [0.1, 0.15) is 44.7 Å². The highest BCUT2D eigenvalue weighted by atomic mass is 19.2. The highest BCUT2D eigenvalue weighted by molar-refractivity contribution is 5.23. The molecule has 4 heteroatoms. The number of benzene rings is 1. The largest absolute Gasteiger partial charge is 0.376 e. The van der Waals surface area contributed by atoms with Gasteiger partial charge < -0.3 is 10.1 Å². The second-order valence-corrected chi connectivity index (χ2v) is 5.36. The molecule has 0 saturated heterocycles. The monoisotopic (exact) mass is 283 g/mol. The van der Waals surface area contributed by atoms with Gasteiger partial charge in [0.2, 0.25) is 0 Å². The molecule has 0 aliphatic heterocycles. The molecule has 0 radical (unpaired) electrons. The molecule has 1 fully saturated rings. The van der Waals surface area contributed by atoms with Crippen molar-refractivity contribution in [3.63, 3.8) is 0 Å². The summed E-state index contributed by atoms with van der Waals surface area (Å²) < 4.78 is 32.5. The van der Waals surface area contributed by atoms with E-state index < -0.39 is 11.6 Å². The Morgan fingerprint density at radius 2 is 2.00 bits per heavy atom. The Bertz CT molecular complexity index is 434. The van der Waals surface area contributed by atoms with E-state index in [9.17, 15) is 8.78 Å². The maximum Gasteiger partial charge on any atom is 0.159 e. The lowest BCUT2D eigenvalue weighted by Crippen LogP contribution is -2.36. The number of rotatable bonds is 8. The molecule has 1 aliphatic carbocycles. The minimum Gasteiger partial charge on any atom is -0.376 e. The molecule has 0 aromatic heterocycles. The fourth-order valence-corrected chi connectivity index (χ4v) is 2.55. The van der Waals surface area contributed by atoms with Crippen LogP contribution in [0.4, 0.5) is 8.78 Å². The molecule has 1 saturated carbocycles. The number of nitrogens with one attached hydrogen (secondary N) is 1. The van der Waals surface area contributed by atoms with Crippen molar-refractivity contribution in [2.45, 2.75) is 45.3 Å². The second kappa shape index (κ2) is 7.14. The van der Waals surface area contributed by atoms with Gasteiger partial charge in [0.15, 0.2) is 11.6 Å². The molecule has 2 unspecified atom stereocenters. The van der Waals surface area contributed by atoms with Crippen molar-refractivity contribution in [1.29, 1.82) is 0 Å². The average Bonchev–Trinajstić information content (AvgIpc) is 3.26. The SMILES string of the molecule is CCCNC(c1ccc(F)c(F)c1)C(OCC)C1CC1. The molecule has 1 aromatic carbocycles. The van der Waals surface area contributed by atoms with Gasteiger partial charge in [0, 0.05) is 6.61 Å². The molecule has 0 bridgehead atoms. The first-order valence-corrected chi connectivity index (χ1v) is 7.47. The van der Waals surface area contributed by atoms with E-state index in [0.29, 0.717) is 12.5 Å². The van der Waals surface area contributed by atoms with Crippen LogP contribution in [-0.4, -0.2) is 19.3 Å². The molecule has 2 atom stereocenters. The first-order chi connectivity index (χ1) is 9.67. The van der Waals surface area contributed by atoms with Gasteiger partial charge in [0.25, 0.3) is 0 Å². The molecule has 0 heterocycles. The highest BCUT2D eigenvalue weighted by Crippen LogP contribution is 2.40. The first-order valence-electron chi connectivity index (χ1n) is 7.47. The molecular formula is C16H23F2NO. The maximum absolute atomic E-state index is 13.5. The lowest BCUT2D eigenvalue weighted by Gasteiger charge is -2.28. The Morgan fingerprint density at radius 1 is 1.25 bits per heavy atom. The van der Waals surface area contributed by atoms with Gasteiger partial charge in [-0.3, -0.25) is 0 Å². The van der Waals surface area contributed by atoms with Crippen LogP contribution in [0.25, 0.3) is 0 Å². The van der Waals surface area contributed by atoms with Gasteiger partial charge >= 0.3 is 0 Å². The predicted octanol–water partition coefficient (Wildman–Crippen LogP) is 3.82. The fraction of sp³-hybridized carbons (Fsp3) is 0.625. The van der Waals surface area contributed by atoms with Crippen LogP contribution < -0.4 is 5.32 Å². The summed E-state index contributed by atoms with van der Waals surface area (Å²) in [5, 5.41) is 3.42. The van der Waals surface area contributed by atoms with E-state index in [-0.39, 0.29) is 12.1 Å². The van der Waals surface area contributed by atoms with Crippen LogP contribution in [0.3, 0.4) is 0 Å². The van der Waals surface area contributed by atoms with Gasteiger partial charge in [-0.15, -0.1) is 0 Å². The molecule has 1 N–H and O–H groups in total. The minimum absolute atomic E-state index is 0.0383. The fourth-order valence-electron chi connectivity index (χ4n) is 2.55. The van der Waals surface area contributed by atoms with E-state index in [4.69, 9.17) is 4.74 Å². The van der Waals surface area contributed by atoms with Gasteiger partial charge in [-0.05, 0) is 56.3 Å². The number of hydrogen-bond acceptors (Lipinski definition) is 2. The van der Waals surface area contributed by atoms with E-state index >= 15 is 0 Å². The average molecular weight is 283 g/mol. The quantitative estimate of drug-likeness (QED) is 0.783. The van der Waals surface area contributed by atoms with Gasteiger partial charge in [0.05, 0.1) is 12.1 Å². The summed E-state index contributed by atoms with van der Waals surface area (Å²) in [7, 11) is 0. The molecular weight excluding hydrogens is 260 g/mol. The Labute approximate surface area is 119 Å². The lowest BCUT2D eigenvalue weighted by atomic mass is 9.97. The van der Waals surface area contributed by atoms with Gasteiger partial charge in [0.1, 0.15) is 0 Å². The lowest BCUT2D eigenvalue weighted by molar-refractivity contribution is 0.0185. The predicted molar refractivity (Wildman–Crippen MR) is 75.5 cm³/mol. The van der Waals surface area contributed by atoms with E-state index in [0.717, 1.165) is 31.4 Å².